The first-order chi connectivity index (χ1) is 7.65. The van der Waals surface area contributed by atoms with Gasteiger partial charge < -0.3 is 10.1 Å². The molecule has 0 aromatic heterocycles. The zero-order valence-electron chi connectivity index (χ0n) is 10.8. The van der Waals surface area contributed by atoms with Crippen molar-refractivity contribution in [2.24, 2.45) is 0 Å². The molecule has 90 valence electrons. The number of rotatable bonds is 6. The van der Waals surface area contributed by atoms with E-state index in [2.05, 4.69) is 50.4 Å². The zero-order chi connectivity index (χ0) is 12.0. The van der Waals surface area contributed by atoms with Crippen molar-refractivity contribution in [3.05, 3.63) is 29.8 Å². The largest absolute Gasteiger partial charge is 0.491 e. The fraction of sp³-hybridized carbons (Fsp3) is 0.571. The van der Waals surface area contributed by atoms with Crippen molar-refractivity contribution in [1.29, 1.82) is 0 Å². The van der Waals surface area contributed by atoms with E-state index in [1.807, 2.05) is 7.05 Å². The van der Waals surface area contributed by atoms with Crippen LogP contribution in [0.4, 0.5) is 0 Å². The van der Waals surface area contributed by atoms with Crippen molar-refractivity contribution >= 4 is 0 Å². The van der Waals surface area contributed by atoms with Gasteiger partial charge in [-0.05, 0) is 51.4 Å². The van der Waals surface area contributed by atoms with Gasteiger partial charge in [0, 0.05) is 6.04 Å². The Kier molecular flexibility index (Phi) is 5.33. The molecule has 1 N–H and O–H groups in total. The molecule has 1 aromatic carbocycles. The SMILES string of the molecule is CCC(C)Oc1ccc(CC(C)NC)cc1. The molecule has 0 spiro atoms. The Bertz CT molecular complexity index is 263. The summed E-state index contributed by atoms with van der Waals surface area (Å²) in [7, 11) is 1.99. The summed E-state index contributed by atoms with van der Waals surface area (Å²) in [5.74, 6) is 0.968. The van der Waals surface area contributed by atoms with Crippen LogP contribution >= 0.6 is 0 Å². The van der Waals surface area contributed by atoms with Gasteiger partial charge in [-0.15, -0.1) is 0 Å². The third kappa shape index (κ3) is 4.23. The second-order valence-corrected chi connectivity index (χ2v) is 4.37. The fourth-order valence-electron chi connectivity index (χ4n) is 1.48. The van der Waals surface area contributed by atoms with Gasteiger partial charge in [-0.25, -0.2) is 0 Å². The molecule has 1 aromatic rings. The van der Waals surface area contributed by atoms with Crippen LogP contribution in [0.2, 0.25) is 0 Å². The minimum Gasteiger partial charge on any atom is -0.491 e. The first kappa shape index (κ1) is 13.0. The lowest BCUT2D eigenvalue weighted by molar-refractivity contribution is 0.217. The van der Waals surface area contributed by atoms with E-state index >= 15 is 0 Å². The highest BCUT2D eigenvalue weighted by Gasteiger charge is 2.03. The number of nitrogens with one attached hydrogen (secondary N) is 1. The van der Waals surface area contributed by atoms with Crippen LogP contribution in [0.25, 0.3) is 0 Å². The van der Waals surface area contributed by atoms with Gasteiger partial charge in [-0.1, -0.05) is 19.1 Å². The van der Waals surface area contributed by atoms with E-state index in [0.29, 0.717) is 12.1 Å². The summed E-state index contributed by atoms with van der Waals surface area (Å²) in [6, 6.07) is 8.92. The molecule has 0 aliphatic carbocycles. The van der Waals surface area contributed by atoms with Gasteiger partial charge in [0.15, 0.2) is 0 Å². The van der Waals surface area contributed by atoms with Gasteiger partial charge in [0.05, 0.1) is 6.10 Å². The van der Waals surface area contributed by atoms with Gasteiger partial charge in [0.1, 0.15) is 5.75 Å². The van der Waals surface area contributed by atoms with Gasteiger partial charge in [0.25, 0.3) is 0 Å². The van der Waals surface area contributed by atoms with Crippen LogP contribution in [0.3, 0.4) is 0 Å². The van der Waals surface area contributed by atoms with Crippen LogP contribution in [-0.2, 0) is 6.42 Å². The third-order valence-corrected chi connectivity index (χ3v) is 2.87. The van der Waals surface area contributed by atoms with Crippen LogP contribution in [0, 0.1) is 0 Å². The monoisotopic (exact) mass is 221 g/mol. The highest BCUT2D eigenvalue weighted by atomic mass is 16.5. The van der Waals surface area contributed by atoms with E-state index in [1.165, 1.54) is 5.56 Å². The van der Waals surface area contributed by atoms with Gasteiger partial charge in [0.2, 0.25) is 0 Å². The number of likely N-dealkylation sites (N-methyl/N-ethyl adjacent to an activating group) is 1. The Morgan fingerprint density at radius 3 is 2.31 bits per heavy atom. The van der Waals surface area contributed by atoms with E-state index < -0.39 is 0 Å². The van der Waals surface area contributed by atoms with Crippen LogP contribution in [0.1, 0.15) is 32.8 Å². The topological polar surface area (TPSA) is 21.3 Å². The Balaban J connectivity index is 2.54. The molecule has 2 atom stereocenters. The average molecular weight is 221 g/mol. The molecule has 2 nitrogen and oxygen atoms in total. The van der Waals surface area contributed by atoms with E-state index in [9.17, 15) is 0 Å². The smallest absolute Gasteiger partial charge is 0.119 e. The summed E-state index contributed by atoms with van der Waals surface area (Å²) < 4.78 is 5.73. The van der Waals surface area contributed by atoms with Crippen LogP contribution in [-0.4, -0.2) is 19.2 Å². The Morgan fingerprint density at radius 1 is 1.19 bits per heavy atom. The molecule has 0 fully saturated rings. The molecule has 16 heavy (non-hydrogen) atoms. The predicted octanol–water partition coefficient (Wildman–Crippen LogP) is 3.01. The first-order valence-electron chi connectivity index (χ1n) is 6.08. The summed E-state index contributed by atoms with van der Waals surface area (Å²) in [6.07, 6.45) is 2.39. The minimum absolute atomic E-state index is 0.294. The molecule has 1 rings (SSSR count). The van der Waals surface area contributed by atoms with Gasteiger partial charge >= 0.3 is 0 Å². The normalized spacial score (nSPS) is 14.5. The Morgan fingerprint density at radius 2 is 1.81 bits per heavy atom. The molecular weight excluding hydrogens is 198 g/mol. The molecule has 0 saturated carbocycles. The quantitative estimate of drug-likeness (QED) is 0.797. The number of ether oxygens (including phenoxy) is 1. The van der Waals surface area contributed by atoms with Gasteiger partial charge in [-0.2, -0.15) is 0 Å². The minimum atomic E-state index is 0.294. The third-order valence-electron chi connectivity index (χ3n) is 2.87. The van der Waals surface area contributed by atoms with Crippen LogP contribution in [0.5, 0.6) is 5.75 Å². The molecule has 0 heterocycles. The average Bonchev–Trinajstić information content (AvgIpc) is 2.31. The lowest BCUT2D eigenvalue weighted by Crippen LogP contribution is -2.23. The maximum atomic E-state index is 5.73. The zero-order valence-corrected chi connectivity index (χ0v) is 10.8. The van der Waals surface area contributed by atoms with Gasteiger partial charge in [-0.3, -0.25) is 0 Å². The summed E-state index contributed by atoms with van der Waals surface area (Å²) in [5.41, 5.74) is 1.35. The summed E-state index contributed by atoms with van der Waals surface area (Å²) in [5, 5.41) is 3.24. The molecule has 2 heteroatoms. The Hall–Kier alpha value is -1.02. The number of hydrogen-bond acceptors (Lipinski definition) is 2. The van der Waals surface area contributed by atoms with Crippen molar-refractivity contribution in [2.45, 2.75) is 45.8 Å². The molecule has 0 aliphatic heterocycles. The predicted molar refractivity (Wildman–Crippen MR) is 69.0 cm³/mol. The molecule has 0 bridgehead atoms. The van der Waals surface area contributed by atoms with Crippen molar-refractivity contribution < 1.29 is 4.74 Å². The second kappa shape index (κ2) is 6.54. The molecule has 0 radical (unpaired) electrons. The van der Waals surface area contributed by atoms with Crippen LogP contribution in [0.15, 0.2) is 24.3 Å². The first-order valence-corrected chi connectivity index (χ1v) is 6.08. The van der Waals surface area contributed by atoms with E-state index in [4.69, 9.17) is 4.74 Å². The molecule has 2 unspecified atom stereocenters. The van der Waals surface area contributed by atoms with Crippen molar-refractivity contribution in [2.75, 3.05) is 7.05 Å². The second-order valence-electron chi connectivity index (χ2n) is 4.37. The standard InChI is InChI=1S/C14H23NO/c1-5-12(3)16-14-8-6-13(7-9-14)10-11(2)15-4/h6-9,11-12,15H,5,10H2,1-4H3. The molecule has 0 saturated heterocycles. The highest BCUT2D eigenvalue weighted by Crippen LogP contribution is 2.15. The van der Waals surface area contributed by atoms with E-state index in [0.717, 1.165) is 18.6 Å². The van der Waals surface area contributed by atoms with Crippen molar-refractivity contribution in [1.82, 2.24) is 5.32 Å². The lowest BCUT2D eigenvalue weighted by atomic mass is 10.1. The summed E-state index contributed by atoms with van der Waals surface area (Å²) in [6.45, 7) is 6.41. The number of benzene rings is 1. The lowest BCUT2D eigenvalue weighted by Gasteiger charge is -2.14. The fourth-order valence-corrected chi connectivity index (χ4v) is 1.48. The molecule has 0 amide bonds. The summed E-state index contributed by atoms with van der Waals surface area (Å²) in [4.78, 5) is 0. The molecular formula is C14H23NO. The van der Waals surface area contributed by atoms with E-state index in [-0.39, 0.29) is 0 Å². The van der Waals surface area contributed by atoms with Crippen molar-refractivity contribution in [3.63, 3.8) is 0 Å². The maximum absolute atomic E-state index is 5.73. The maximum Gasteiger partial charge on any atom is 0.119 e. The Labute approximate surface area is 99.0 Å². The van der Waals surface area contributed by atoms with Crippen LogP contribution < -0.4 is 10.1 Å². The van der Waals surface area contributed by atoms with E-state index in [1.54, 1.807) is 0 Å². The molecule has 0 aliphatic rings. The van der Waals surface area contributed by atoms with Crippen molar-refractivity contribution in [3.8, 4) is 5.75 Å². The highest BCUT2D eigenvalue weighted by molar-refractivity contribution is 5.27. The number of hydrogen-bond donors (Lipinski definition) is 1. The summed E-state index contributed by atoms with van der Waals surface area (Å²) >= 11 is 0.